The van der Waals surface area contributed by atoms with Gasteiger partial charge in [-0.15, -0.1) is 0 Å². The molecule has 0 radical (unpaired) electrons. The molecule has 0 bridgehead atoms. The van der Waals surface area contributed by atoms with Gasteiger partial charge in [0.2, 0.25) is 0 Å². The van der Waals surface area contributed by atoms with Gasteiger partial charge < -0.3 is 10.4 Å². The molecule has 1 aliphatic heterocycles. The molecule has 3 aliphatic carbocycles. The zero-order valence-corrected chi connectivity index (χ0v) is 19.3. The highest BCUT2D eigenvalue weighted by atomic mass is 16.2. The van der Waals surface area contributed by atoms with Crippen LogP contribution in [0.15, 0.2) is 34.9 Å². The van der Waals surface area contributed by atoms with Gasteiger partial charge in [-0.1, -0.05) is 41.9 Å². The van der Waals surface area contributed by atoms with Crippen molar-refractivity contribution < 1.29 is 5.11 Å². The highest BCUT2D eigenvalue weighted by molar-refractivity contribution is 5.41. The van der Waals surface area contributed by atoms with Crippen LogP contribution in [-0.4, -0.2) is 23.3 Å². The van der Waals surface area contributed by atoms with Crippen molar-refractivity contribution >= 4 is 0 Å². The number of hydrogen-bond acceptors (Lipinski definition) is 2. The smallest absolute Gasteiger partial charge is 0.0431 e. The van der Waals surface area contributed by atoms with E-state index in [1.54, 1.807) is 11.1 Å². The van der Waals surface area contributed by atoms with E-state index < -0.39 is 0 Å². The third kappa shape index (κ3) is 3.81. The summed E-state index contributed by atoms with van der Waals surface area (Å²) in [6.45, 7) is 14.2. The first-order valence-corrected chi connectivity index (χ1v) is 12.2. The molecule has 3 fully saturated rings. The number of nitrogens with one attached hydrogen (secondary N) is 1. The topological polar surface area (TPSA) is 32.3 Å². The van der Waals surface area contributed by atoms with Crippen molar-refractivity contribution in [1.29, 1.82) is 0 Å². The number of aliphatic hydroxyl groups is 1. The minimum Gasteiger partial charge on any atom is -0.396 e. The Morgan fingerprint density at radius 2 is 1.97 bits per heavy atom. The zero-order chi connectivity index (χ0) is 20.8. The second kappa shape index (κ2) is 8.00. The Labute approximate surface area is 178 Å². The van der Waals surface area contributed by atoms with Gasteiger partial charge in [-0.2, -0.15) is 0 Å². The van der Waals surface area contributed by atoms with Crippen molar-refractivity contribution in [2.45, 2.75) is 103 Å². The maximum atomic E-state index is 9.34. The largest absolute Gasteiger partial charge is 0.396 e. The van der Waals surface area contributed by atoms with E-state index in [4.69, 9.17) is 0 Å². The molecule has 2 saturated carbocycles. The molecule has 29 heavy (non-hydrogen) atoms. The van der Waals surface area contributed by atoms with E-state index in [9.17, 15) is 5.11 Å². The lowest BCUT2D eigenvalue weighted by Gasteiger charge is -2.49. The first kappa shape index (κ1) is 21.4. The molecule has 4 rings (SSSR count). The molecule has 1 saturated heterocycles. The monoisotopic (exact) mass is 397 g/mol. The average molecular weight is 398 g/mol. The molecule has 2 heteroatoms. The van der Waals surface area contributed by atoms with E-state index >= 15 is 0 Å². The van der Waals surface area contributed by atoms with Gasteiger partial charge >= 0.3 is 0 Å². The highest BCUT2D eigenvalue weighted by Gasteiger charge is 2.50. The summed E-state index contributed by atoms with van der Waals surface area (Å²) < 4.78 is 0. The Morgan fingerprint density at radius 3 is 2.69 bits per heavy atom. The van der Waals surface area contributed by atoms with Crippen LogP contribution in [0.2, 0.25) is 0 Å². The summed E-state index contributed by atoms with van der Waals surface area (Å²) in [4.78, 5) is 0. The molecule has 0 spiro atoms. The lowest BCUT2D eigenvalue weighted by Crippen LogP contribution is -2.58. The molecule has 4 aliphatic rings. The molecule has 2 N–H and O–H groups in total. The van der Waals surface area contributed by atoms with Crippen molar-refractivity contribution in [2.24, 2.45) is 23.2 Å². The van der Waals surface area contributed by atoms with Crippen molar-refractivity contribution in [3.63, 3.8) is 0 Å². The Balaban J connectivity index is 1.55. The molecule has 0 unspecified atom stereocenters. The fourth-order valence-electron chi connectivity index (χ4n) is 7.47. The molecular weight excluding hydrogens is 354 g/mol. The van der Waals surface area contributed by atoms with E-state index in [2.05, 4.69) is 45.7 Å². The molecule has 0 aromatic heterocycles. The van der Waals surface area contributed by atoms with Crippen molar-refractivity contribution in [3.8, 4) is 0 Å². The second-order valence-electron chi connectivity index (χ2n) is 11.3. The maximum absolute atomic E-state index is 9.34. The Hall–Kier alpha value is -0.860. The van der Waals surface area contributed by atoms with E-state index in [1.807, 2.05) is 0 Å². The molecule has 0 aromatic rings. The summed E-state index contributed by atoms with van der Waals surface area (Å²) in [5.41, 5.74) is 6.89. The van der Waals surface area contributed by atoms with Crippen LogP contribution in [0.5, 0.6) is 0 Å². The van der Waals surface area contributed by atoms with Crippen LogP contribution < -0.4 is 5.32 Å². The number of hydrogen-bond donors (Lipinski definition) is 2. The van der Waals surface area contributed by atoms with Gasteiger partial charge in [0.25, 0.3) is 0 Å². The van der Waals surface area contributed by atoms with Crippen molar-refractivity contribution in [1.82, 2.24) is 5.32 Å². The van der Waals surface area contributed by atoms with Gasteiger partial charge in [0.05, 0.1) is 0 Å². The van der Waals surface area contributed by atoms with Crippen LogP contribution in [0.4, 0.5) is 0 Å². The zero-order valence-electron chi connectivity index (χ0n) is 19.3. The molecule has 162 valence electrons. The molecule has 1 heterocycles. The Bertz CT molecular complexity index is 718. The summed E-state index contributed by atoms with van der Waals surface area (Å²) >= 11 is 0. The van der Waals surface area contributed by atoms with Gasteiger partial charge in [0, 0.05) is 18.2 Å². The Kier molecular flexibility index (Phi) is 5.90. The number of fused-ring (bicyclic) bond motifs is 2. The van der Waals surface area contributed by atoms with E-state index in [-0.39, 0.29) is 5.54 Å². The highest BCUT2D eigenvalue weighted by Crippen LogP contribution is 2.54. The first-order chi connectivity index (χ1) is 13.8. The summed E-state index contributed by atoms with van der Waals surface area (Å²) in [6.07, 6.45) is 15.1. The predicted molar refractivity (Wildman–Crippen MR) is 123 cm³/mol. The van der Waals surface area contributed by atoms with Crippen molar-refractivity contribution in [2.75, 3.05) is 6.61 Å². The number of aliphatic hydroxyl groups excluding tert-OH is 1. The Morgan fingerprint density at radius 1 is 1.21 bits per heavy atom. The second-order valence-corrected chi connectivity index (χ2v) is 11.3. The van der Waals surface area contributed by atoms with Crippen LogP contribution in [0.3, 0.4) is 0 Å². The SMILES string of the molecule is C=C(C)[C@@H]1CC[C@@]2(C)CC([C@@H]3CC[C@H]4CC[C@H](CCCO)[C@@]4(C)N3)=CC(C)=C2C1. The van der Waals surface area contributed by atoms with Gasteiger partial charge in [-0.05, 0) is 108 Å². The van der Waals surface area contributed by atoms with Gasteiger partial charge in [0.15, 0.2) is 0 Å². The van der Waals surface area contributed by atoms with E-state index in [0.29, 0.717) is 24.0 Å². The normalized spacial score (nSPS) is 42.3. The van der Waals surface area contributed by atoms with E-state index in [1.165, 1.54) is 68.9 Å². The summed E-state index contributed by atoms with van der Waals surface area (Å²) in [7, 11) is 0. The fraction of sp³-hybridized carbons (Fsp3) is 0.778. The van der Waals surface area contributed by atoms with Crippen LogP contribution in [0.25, 0.3) is 0 Å². The van der Waals surface area contributed by atoms with Gasteiger partial charge in [0.1, 0.15) is 0 Å². The minimum atomic E-state index is 0.259. The summed E-state index contributed by atoms with van der Waals surface area (Å²) in [5, 5.41) is 13.5. The van der Waals surface area contributed by atoms with Crippen LogP contribution >= 0.6 is 0 Å². The number of piperidine rings is 1. The molecule has 0 aromatic carbocycles. The summed E-state index contributed by atoms with van der Waals surface area (Å²) in [6, 6.07) is 0.540. The molecular formula is C27H43NO. The maximum Gasteiger partial charge on any atom is 0.0431 e. The molecule has 2 nitrogen and oxygen atoms in total. The van der Waals surface area contributed by atoms with Gasteiger partial charge in [-0.25, -0.2) is 0 Å². The van der Waals surface area contributed by atoms with E-state index in [0.717, 1.165) is 18.3 Å². The predicted octanol–water partition coefficient (Wildman–Crippen LogP) is 6.32. The lowest BCUT2D eigenvalue weighted by atomic mass is 9.60. The average Bonchev–Trinajstić information content (AvgIpc) is 3.00. The fourth-order valence-corrected chi connectivity index (χ4v) is 7.47. The number of allylic oxidation sites excluding steroid dienone is 4. The van der Waals surface area contributed by atoms with Crippen LogP contribution in [0, 0.1) is 23.2 Å². The summed E-state index contributed by atoms with van der Waals surface area (Å²) in [5.74, 6) is 2.22. The van der Waals surface area contributed by atoms with Crippen molar-refractivity contribution in [3.05, 3.63) is 34.9 Å². The van der Waals surface area contributed by atoms with Crippen LogP contribution in [0.1, 0.15) is 91.9 Å². The lowest BCUT2D eigenvalue weighted by molar-refractivity contribution is 0.123. The third-order valence-corrected chi connectivity index (χ3v) is 9.40. The van der Waals surface area contributed by atoms with Crippen LogP contribution in [-0.2, 0) is 0 Å². The van der Waals surface area contributed by atoms with Gasteiger partial charge in [-0.3, -0.25) is 0 Å². The third-order valence-electron chi connectivity index (χ3n) is 9.40. The quantitative estimate of drug-likeness (QED) is 0.532. The standard InChI is InChI=1S/C27H43NO/c1-18(2)20-12-13-26(4)17-21(15-19(3)24(26)16-20)25-11-10-23-9-8-22(7-6-14-29)27(23,5)28-25/h15,20,22-23,25,28-29H,1,6-14,16-17H2,2-5H3/t20-,22+,23-,25+,26+,27-/m1/s1. The molecule has 0 amide bonds. The molecule has 6 atom stereocenters. The first-order valence-electron chi connectivity index (χ1n) is 12.2. The number of rotatable bonds is 5. The minimum absolute atomic E-state index is 0.259.